The van der Waals surface area contributed by atoms with E-state index >= 15 is 0 Å². The van der Waals surface area contributed by atoms with Crippen molar-refractivity contribution in [3.8, 4) is 0 Å². The number of rotatable bonds is 2. The first-order valence-corrected chi connectivity index (χ1v) is 10.4. The van der Waals surface area contributed by atoms with Crippen LogP contribution in [0.5, 0.6) is 0 Å². The number of pyridine rings is 1. The number of benzene rings is 2. The standard InChI is InChI=1S/C23H14BrClN2O3/c1-12-7-8-26-18(9-12)27-20(13-3-2-4-15(25)10-13)19-21(28)16-11-14(24)5-6-17(16)30-22(19)23(27)29/h2-11,20H,1H3. The van der Waals surface area contributed by atoms with Crippen LogP contribution in [0.25, 0.3) is 11.0 Å². The van der Waals surface area contributed by atoms with Gasteiger partial charge in [0.25, 0.3) is 5.91 Å². The first kappa shape index (κ1) is 19.0. The quantitative estimate of drug-likeness (QED) is 0.370. The number of nitrogens with zero attached hydrogens (tertiary/aromatic N) is 2. The summed E-state index contributed by atoms with van der Waals surface area (Å²) in [5, 5.41) is 0.917. The van der Waals surface area contributed by atoms with Crippen LogP contribution in [0.4, 0.5) is 5.82 Å². The van der Waals surface area contributed by atoms with Crippen LogP contribution in [0.15, 0.2) is 74.5 Å². The molecule has 1 aliphatic heterocycles. The van der Waals surface area contributed by atoms with E-state index in [0.717, 1.165) is 10.0 Å². The number of amides is 1. The van der Waals surface area contributed by atoms with Crippen molar-refractivity contribution in [1.82, 2.24) is 4.98 Å². The first-order valence-electron chi connectivity index (χ1n) is 9.22. The maximum atomic E-state index is 13.5. The highest BCUT2D eigenvalue weighted by atomic mass is 79.9. The van der Waals surface area contributed by atoms with E-state index in [2.05, 4.69) is 20.9 Å². The molecule has 0 bridgehead atoms. The monoisotopic (exact) mass is 480 g/mol. The number of aromatic nitrogens is 1. The van der Waals surface area contributed by atoms with Crippen LogP contribution >= 0.6 is 27.5 Å². The molecule has 5 nitrogen and oxygen atoms in total. The number of hydrogen-bond donors (Lipinski definition) is 0. The van der Waals surface area contributed by atoms with Crippen molar-refractivity contribution in [1.29, 1.82) is 0 Å². The third-order valence-electron chi connectivity index (χ3n) is 5.14. The van der Waals surface area contributed by atoms with Crippen LogP contribution < -0.4 is 10.3 Å². The predicted octanol–water partition coefficient (Wildman–Crippen LogP) is 5.66. The molecular weight excluding hydrogens is 468 g/mol. The van der Waals surface area contributed by atoms with Crippen LogP contribution in [0.3, 0.4) is 0 Å². The molecule has 2 aromatic carbocycles. The van der Waals surface area contributed by atoms with Crippen LogP contribution in [0.1, 0.15) is 33.3 Å². The van der Waals surface area contributed by atoms with E-state index in [0.29, 0.717) is 27.4 Å². The number of aryl methyl sites for hydroxylation is 1. The van der Waals surface area contributed by atoms with Crippen LogP contribution in [0, 0.1) is 6.92 Å². The van der Waals surface area contributed by atoms with Gasteiger partial charge in [0.1, 0.15) is 11.4 Å². The predicted molar refractivity (Wildman–Crippen MR) is 119 cm³/mol. The smallest absolute Gasteiger partial charge is 0.296 e. The van der Waals surface area contributed by atoms with Gasteiger partial charge in [0.2, 0.25) is 5.76 Å². The van der Waals surface area contributed by atoms with Crippen molar-refractivity contribution in [2.24, 2.45) is 0 Å². The van der Waals surface area contributed by atoms with Gasteiger partial charge in [0.05, 0.1) is 17.0 Å². The third-order valence-corrected chi connectivity index (χ3v) is 5.87. The minimum atomic E-state index is -0.694. The molecule has 1 atom stereocenters. The van der Waals surface area contributed by atoms with E-state index in [1.807, 2.05) is 25.1 Å². The summed E-state index contributed by atoms with van der Waals surface area (Å²) in [4.78, 5) is 32.9. The third kappa shape index (κ3) is 2.95. The molecular formula is C23H14BrClN2O3. The SMILES string of the molecule is Cc1ccnc(N2C(=O)c3oc4ccc(Br)cc4c(=O)c3C2c2cccc(Cl)c2)c1. The Labute approximate surface area is 185 Å². The Morgan fingerprint density at radius 1 is 1.10 bits per heavy atom. The zero-order valence-electron chi connectivity index (χ0n) is 15.7. The topological polar surface area (TPSA) is 63.4 Å². The lowest BCUT2D eigenvalue weighted by atomic mass is 9.98. The van der Waals surface area contributed by atoms with Gasteiger partial charge in [-0.2, -0.15) is 0 Å². The lowest BCUT2D eigenvalue weighted by Crippen LogP contribution is -2.30. The summed E-state index contributed by atoms with van der Waals surface area (Å²) in [6.07, 6.45) is 1.64. The Balaban J connectivity index is 1.84. The number of hydrogen-bond acceptors (Lipinski definition) is 4. The molecule has 4 aromatic rings. The van der Waals surface area contributed by atoms with Gasteiger partial charge in [-0.25, -0.2) is 4.98 Å². The number of anilines is 1. The van der Waals surface area contributed by atoms with Gasteiger partial charge in [0.15, 0.2) is 5.43 Å². The maximum Gasteiger partial charge on any atom is 0.296 e. The summed E-state index contributed by atoms with van der Waals surface area (Å²) < 4.78 is 6.70. The van der Waals surface area contributed by atoms with E-state index in [4.69, 9.17) is 16.0 Å². The van der Waals surface area contributed by atoms with Gasteiger partial charge in [0, 0.05) is 15.7 Å². The van der Waals surface area contributed by atoms with Gasteiger partial charge in [-0.1, -0.05) is 39.7 Å². The van der Waals surface area contributed by atoms with Gasteiger partial charge in [-0.3, -0.25) is 14.5 Å². The molecule has 1 aliphatic rings. The maximum absolute atomic E-state index is 13.5. The second-order valence-electron chi connectivity index (χ2n) is 7.14. The van der Waals surface area contributed by atoms with Gasteiger partial charge >= 0.3 is 0 Å². The van der Waals surface area contributed by atoms with Crippen LogP contribution in [-0.2, 0) is 0 Å². The molecule has 2 aromatic heterocycles. The molecule has 148 valence electrons. The average molecular weight is 482 g/mol. The molecule has 7 heteroatoms. The highest BCUT2D eigenvalue weighted by molar-refractivity contribution is 9.10. The summed E-state index contributed by atoms with van der Waals surface area (Å²) in [5.74, 6) is 0.0686. The summed E-state index contributed by atoms with van der Waals surface area (Å²) in [6.45, 7) is 1.92. The molecule has 0 radical (unpaired) electrons. The molecule has 3 heterocycles. The molecule has 0 aliphatic carbocycles. The number of carbonyl (C=O) groups is 1. The second kappa shape index (κ2) is 7.07. The highest BCUT2D eigenvalue weighted by Crippen LogP contribution is 2.41. The van der Waals surface area contributed by atoms with Crippen molar-refractivity contribution < 1.29 is 9.21 Å². The Hall–Kier alpha value is -2.96. The largest absolute Gasteiger partial charge is 0.450 e. The molecule has 0 N–H and O–H groups in total. The van der Waals surface area contributed by atoms with Gasteiger partial charge in [-0.15, -0.1) is 0 Å². The summed E-state index contributed by atoms with van der Waals surface area (Å²) >= 11 is 9.63. The van der Waals surface area contributed by atoms with E-state index < -0.39 is 11.9 Å². The Morgan fingerprint density at radius 2 is 1.93 bits per heavy atom. The normalized spacial score (nSPS) is 15.6. The fraction of sp³-hybridized carbons (Fsp3) is 0.0870. The van der Waals surface area contributed by atoms with Crippen molar-refractivity contribution in [3.05, 3.63) is 103 Å². The van der Waals surface area contributed by atoms with Gasteiger partial charge in [-0.05, 0) is 60.5 Å². The minimum absolute atomic E-state index is 0.0307. The average Bonchev–Trinajstić information content (AvgIpc) is 3.01. The van der Waals surface area contributed by atoms with Crippen molar-refractivity contribution in [2.45, 2.75) is 13.0 Å². The first-order chi connectivity index (χ1) is 14.4. The Morgan fingerprint density at radius 3 is 2.70 bits per heavy atom. The van der Waals surface area contributed by atoms with Crippen molar-refractivity contribution in [2.75, 3.05) is 4.90 Å². The van der Waals surface area contributed by atoms with E-state index in [1.54, 1.807) is 42.6 Å². The molecule has 0 fully saturated rings. The lowest BCUT2D eigenvalue weighted by molar-refractivity contribution is 0.0970. The number of carbonyl (C=O) groups excluding carboxylic acids is 1. The van der Waals surface area contributed by atoms with Crippen molar-refractivity contribution in [3.63, 3.8) is 0 Å². The highest BCUT2D eigenvalue weighted by Gasteiger charge is 2.44. The van der Waals surface area contributed by atoms with Crippen LogP contribution in [0.2, 0.25) is 5.02 Å². The molecule has 30 heavy (non-hydrogen) atoms. The zero-order chi connectivity index (χ0) is 21.0. The molecule has 0 saturated heterocycles. The Bertz CT molecular complexity index is 1400. The fourth-order valence-electron chi connectivity index (χ4n) is 3.83. The Kier molecular flexibility index (Phi) is 4.49. The lowest BCUT2D eigenvalue weighted by Gasteiger charge is -2.24. The molecule has 1 unspecified atom stereocenters. The summed E-state index contributed by atoms with van der Waals surface area (Å²) in [6, 6.07) is 15.2. The van der Waals surface area contributed by atoms with Gasteiger partial charge < -0.3 is 4.42 Å². The minimum Gasteiger partial charge on any atom is -0.450 e. The number of fused-ring (bicyclic) bond motifs is 2. The molecule has 0 spiro atoms. The molecule has 5 rings (SSSR count). The fourth-order valence-corrected chi connectivity index (χ4v) is 4.39. The van der Waals surface area contributed by atoms with E-state index in [-0.39, 0.29) is 16.8 Å². The van der Waals surface area contributed by atoms with Crippen LogP contribution in [-0.4, -0.2) is 10.9 Å². The summed E-state index contributed by atoms with van der Waals surface area (Å²) in [5.41, 5.74) is 2.05. The van der Waals surface area contributed by atoms with E-state index in [9.17, 15) is 9.59 Å². The van der Waals surface area contributed by atoms with Crippen molar-refractivity contribution >= 4 is 50.2 Å². The zero-order valence-corrected chi connectivity index (χ0v) is 18.1. The van der Waals surface area contributed by atoms with E-state index in [1.165, 1.54) is 4.90 Å². The second-order valence-corrected chi connectivity index (χ2v) is 8.49. The molecule has 0 saturated carbocycles. The summed E-state index contributed by atoms with van der Waals surface area (Å²) in [7, 11) is 0. The number of halogens is 2. The molecule has 1 amide bonds.